The number of hydrogen-bond donors (Lipinski definition) is 2. The van der Waals surface area contributed by atoms with Crippen molar-refractivity contribution in [3.05, 3.63) is 53.9 Å². The van der Waals surface area contributed by atoms with Crippen molar-refractivity contribution in [1.82, 2.24) is 9.97 Å². The van der Waals surface area contributed by atoms with E-state index in [2.05, 4.69) is 27.1 Å². The number of nitrogen functional groups attached to an aromatic ring is 1. The van der Waals surface area contributed by atoms with Crippen LogP contribution in [0.25, 0.3) is 10.8 Å². The number of nitrogens with two attached hydrogens (primary N) is 1. The van der Waals surface area contributed by atoms with Crippen molar-refractivity contribution in [3.63, 3.8) is 0 Å². The molecule has 0 radical (unpaired) electrons. The van der Waals surface area contributed by atoms with E-state index in [4.69, 9.17) is 19.9 Å². The standard InChI is InChI=1S/C22H22N4O3/c1-24-22-20-12-25-21(23)10-19(20)16(11-26-22)5-2-15-3-6-17(7-4-15)29-14-18-13-27-8-9-28-18/h3-4,6-7,10-12,18H,8-9,13-14H2,1H3,(H2,23,25)(H,24,26)/t18-/m1/s1. The summed E-state index contributed by atoms with van der Waals surface area (Å²) in [6.45, 7) is 2.30. The van der Waals surface area contributed by atoms with Crippen LogP contribution in [0, 0.1) is 11.8 Å². The molecule has 3 N–H and O–H groups in total. The summed E-state index contributed by atoms with van der Waals surface area (Å²) in [6, 6.07) is 9.46. The van der Waals surface area contributed by atoms with Gasteiger partial charge < -0.3 is 25.3 Å². The van der Waals surface area contributed by atoms with E-state index in [1.165, 1.54) is 0 Å². The van der Waals surface area contributed by atoms with Gasteiger partial charge >= 0.3 is 0 Å². The van der Waals surface area contributed by atoms with Crippen molar-refractivity contribution < 1.29 is 14.2 Å². The monoisotopic (exact) mass is 390 g/mol. The molecule has 3 aromatic rings. The number of benzene rings is 1. The first-order valence-corrected chi connectivity index (χ1v) is 9.39. The molecular weight excluding hydrogens is 368 g/mol. The minimum atomic E-state index is -0.0218. The molecule has 0 amide bonds. The highest BCUT2D eigenvalue weighted by Gasteiger charge is 2.14. The third-order valence-corrected chi connectivity index (χ3v) is 4.55. The average molecular weight is 390 g/mol. The van der Waals surface area contributed by atoms with Gasteiger partial charge in [0.05, 0.1) is 25.4 Å². The smallest absolute Gasteiger partial charge is 0.135 e. The summed E-state index contributed by atoms with van der Waals surface area (Å²) < 4.78 is 16.7. The fourth-order valence-electron chi connectivity index (χ4n) is 3.05. The highest BCUT2D eigenvalue weighted by Crippen LogP contribution is 2.24. The third kappa shape index (κ3) is 4.57. The Bertz CT molecular complexity index is 1050. The predicted octanol–water partition coefficient (Wildman–Crippen LogP) is 2.45. The summed E-state index contributed by atoms with van der Waals surface area (Å²) in [5.41, 5.74) is 7.53. The number of rotatable bonds is 4. The van der Waals surface area contributed by atoms with Crippen LogP contribution >= 0.6 is 0 Å². The zero-order valence-corrected chi connectivity index (χ0v) is 16.1. The van der Waals surface area contributed by atoms with Crippen LogP contribution in [0.5, 0.6) is 5.75 Å². The minimum Gasteiger partial charge on any atom is -0.491 e. The van der Waals surface area contributed by atoms with Crippen molar-refractivity contribution in [2.24, 2.45) is 0 Å². The number of aromatic nitrogens is 2. The van der Waals surface area contributed by atoms with Crippen LogP contribution in [0.1, 0.15) is 11.1 Å². The molecule has 7 heteroatoms. The second-order valence-electron chi connectivity index (χ2n) is 6.58. The molecule has 0 spiro atoms. The molecule has 1 fully saturated rings. The average Bonchev–Trinajstić information content (AvgIpc) is 2.77. The number of ether oxygens (including phenoxy) is 3. The van der Waals surface area contributed by atoms with E-state index < -0.39 is 0 Å². The molecule has 0 saturated carbocycles. The normalized spacial score (nSPS) is 16.1. The first-order chi connectivity index (χ1) is 14.2. The van der Waals surface area contributed by atoms with E-state index in [0.717, 1.165) is 33.5 Å². The van der Waals surface area contributed by atoms with Gasteiger partial charge in [0.1, 0.15) is 30.1 Å². The first-order valence-electron chi connectivity index (χ1n) is 9.39. The lowest BCUT2D eigenvalue weighted by molar-refractivity contribution is -0.101. The van der Waals surface area contributed by atoms with E-state index in [9.17, 15) is 0 Å². The fraction of sp³-hybridized carbons (Fsp3) is 0.273. The maximum absolute atomic E-state index is 5.86. The van der Waals surface area contributed by atoms with Crippen LogP contribution in [-0.2, 0) is 9.47 Å². The quantitative estimate of drug-likeness (QED) is 0.661. The molecule has 0 unspecified atom stereocenters. The number of nitrogens with one attached hydrogen (secondary N) is 1. The molecule has 3 heterocycles. The van der Waals surface area contributed by atoms with Crippen LogP contribution in [0.2, 0.25) is 0 Å². The number of fused-ring (bicyclic) bond motifs is 1. The highest BCUT2D eigenvalue weighted by atomic mass is 16.6. The molecule has 4 rings (SSSR count). The van der Waals surface area contributed by atoms with Crippen LogP contribution < -0.4 is 15.8 Å². The molecule has 0 aliphatic carbocycles. The van der Waals surface area contributed by atoms with Gasteiger partial charge in [-0.05, 0) is 30.3 Å². The van der Waals surface area contributed by atoms with Gasteiger partial charge in [0.25, 0.3) is 0 Å². The van der Waals surface area contributed by atoms with E-state index in [0.29, 0.717) is 32.2 Å². The Labute approximate surface area is 169 Å². The molecule has 1 aliphatic rings. The molecular formula is C22H22N4O3. The lowest BCUT2D eigenvalue weighted by Gasteiger charge is -2.22. The molecule has 2 aromatic heterocycles. The molecule has 7 nitrogen and oxygen atoms in total. The van der Waals surface area contributed by atoms with Gasteiger partial charge in [-0.15, -0.1) is 0 Å². The van der Waals surface area contributed by atoms with Crippen molar-refractivity contribution in [2.75, 3.05) is 44.5 Å². The van der Waals surface area contributed by atoms with E-state index in [1.807, 2.05) is 37.4 Å². The SMILES string of the molecule is CNc1ncc(C#Cc2ccc(OC[C@H]3COCCO3)cc2)c2cc(N)ncc12. The zero-order valence-electron chi connectivity index (χ0n) is 16.1. The molecule has 1 aromatic carbocycles. The van der Waals surface area contributed by atoms with Crippen LogP contribution in [0.4, 0.5) is 11.6 Å². The largest absolute Gasteiger partial charge is 0.491 e. The summed E-state index contributed by atoms with van der Waals surface area (Å²) in [7, 11) is 1.82. The Hall–Kier alpha value is -3.34. The second-order valence-corrected chi connectivity index (χ2v) is 6.58. The van der Waals surface area contributed by atoms with Gasteiger partial charge in [-0.1, -0.05) is 11.8 Å². The Morgan fingerprint density at radius 1 is 1.14 bits per heavy atom. The van der Waals surface area contributed by atoms with Gasteiger partial charge in [-0.3, -0.25) is 0 Å². The summed E-state index contributed by atoms with van der Waals surface area (Å²) in [4.78, 5) is 8.57. The summed E-state index contributed by atoms with van der Waals surface area (Å²) in [5.74, 6) is 8.32. The molecule has 1 saturated heterocycles. The number of nitrogens with zero attached hydrogens (tertiary/aromatic N) is 2. The highest BCUT2D eigenvalue weighted by molar-refractivity contribution is 5.96. The Kier molecular flexibility index (Phi) is 5.75. The van der Waals surface area contributed by atoms with Gasteiger partial charge in [-0.2, -0.15) is 0 Å². The van der Waals surface area contributed by atoms with Crippen molar-refractivity contribution in [3.8, 4) is 17.6 Å². The predicted molar refractivity (Wildman–Crippen MR) is 112 cm³/mol. The molecule has 29 heavy (non-hydrogen) atoms. The van der Waals surface area contributed by atoms with Crippen LogP contribution in [0.3, 0.4) is 0 Å². The lowest BCUT2D eigenvalue weighted by Crippen LogP contribution is -2.33. The Balaban J connectivity index is 1.49. The van der Waals surface area contributed by atoms with Crippen LogP contribution in [-0.4, -0.2) is 49.5 Å². The second kappa shape index (κ2) is 8.78. The Morgan fingerprint density at radius 3 is 2.76 bits per heavy atom. The van der Waals surface area contributed by atoms with Gasteiger partial charge in [0, 0.05) is 35.8 Å². The Morgan fingerprint density at radius 2 is 2.00 bits per heavy atom. The van der Waals surface area contributed by atoms with Crippen molar-refractivity contribution in [2.45, 2.75) is 6.10 Å². The minimum absolute atomic E-state index is 0.0218. The summed E-state index contributed by atoms with van der Waals surface area (Å²) in [6.07, 6.45) is 3.43. The van der Waals surface area contributed by atoms with Gasteiger partial charge in [0.15, 0.2) is 0 Å². The topological polar surface area (TPSA) is 91.5 Å². The van der Waals surface area contributed by atoms with Crippen molar-refractivity contribution in [1.29, 1.82) is 0 Å². The third-order valence-electron chi connectivity index (χ3n) is 4.55. The van der Waals surface area contributed by atoms with E-state index in [-0.39, 0.29) is 6.10 Å². The maximum Gasteiger partial charge on any atom is 0.135 e. The van der Waals surface area contributed by atoms with Crippen LogP contribution in [0.15, 0.2) is 42.7 Å². The molecule has 148 valence electrons. The van der Waals surface area contributed by atoms with E-state index in [1.54, 1.807) is 12.4 Å². The number of hydrogen-bond acceptors (Lipinski definition) is 7. The lowest BCUT2D eigenvalue weighted by atomic mass is 10.1. The van der Waals surface area contributed by atoms with E-state index >= 15 is 0 Å². The summed E-state index contributed by atoms with van der Waals surface area (Å²) in [5, 5.41) is 4.86. The zero-order chi connectivity index (χ0) is 20.1. The maximum atomic E-state index is 5.86. The van der Waals surface area contributed by atoms with Crippen molar-refractivity contribution >= 4 is 22.4 Å². The molecule has 1 atom stereocenters. The number of anilines is 2. The first kappa shape index (κ1) is 19.0. The molecule has 0 bridgehead atoms. The van der Waals surface area contributed by atoms with Gasteiger partial charge in [-0.25, -0.2) is 9.97 Å². The fourth-order valence-corrected chi connectivity index (χ4v) is 3.05. The molecule has 1 aliphatic heterocycles. The number of pyridine rings is 2. The van der Waals surface area contributed by atoms with Gasteiger partial charge in [0.2, 0.25) is 0 Å². The summed E-state index contributed by atoms with van der Waals surface area (Å²) >= 11 is 0.